The largest absolute Gasteiger partial charge is 0.469 e. The molecule has 0 radical (unpaired) electrons. The number of methoxy groups -OCH3 is 1. The SMILES string of the molecule is COC(=O)CB(C(C)C)N(C)C. The van der Waals surface area contributed by atoms with Gasteiger partial charge in [0, 0.05) is 6.32 Å². The molecule has 0 saturated heterocycles. The number of hydrogen-bond acceptors (Lipinski definition) is 3. The summed E-state index contributed by atoms with van der Waals surface area (Å²) in [6.45, 7) is 4.48. The Kier molecular flexibility index (Phi) is 4.98. The Morgan fingerprint density at radius 1 is 1.50 bits per heavy atom. The maximum atomic E-state index is 11.0. The van der Waals surface area contributed by atoms with Crippen molar-refractivity contribution in [3.8, 4) is 0 Å². The Morgan fingerprint density at radius 2 is 2.00 bits per heavy atom. The lowest BCUT2D eigenvalue weighted by atomic mass is 9.49. The van der Waals surface area contributed by atoms with Gasteiger partial charge in [-0.2, -0.15) is 0 Å². The second-order valence-electron chi connectivity index (χ2n) is 3.56. The number of hydrogen-bond donors (Lipinski definition) is 0. The van der Waals surface area contributed by atoms with Crippen LogP contribution in [0.25, 0.3) is 0 Å². The lowest BCUT2D eigenvalue weighted by molar-refractivity contribution is -0.138. The van der Waals surface area contributed by atoms with E-state index >= 15 is 0 Å². The zero-order valence-electron chi connectivity index (χ0n) is 8.63. The maximum Gasteiger partial charge on any atom is 0.299 e. The average molecular weight is 171 g/mol. The van der Waals surface area contributed by atoms with E-state index in [2.05, 4.69) is 23.4 Å². The predicted molar refractivity (Wildman–Crippen MR) is 51.4 cm³/mol. The molecule has 0 bridgehead atoms. The molecule has 0 saturated carbocycles. The highest BCUT2D eigenvalue weighted by atomic mass is 16.5. The van der Waals surface area contributed by atoms with E-state index in [-0.39, 0.29) is 12.8 Å². The standard InChI is InChI=1S/C8H18BNO2/c1-7(2)9(10(3)4)6-8(11)12-5/h7H,6H2,1-5H3. The van der Waals surface area contributed by atoms with Gasteiger partial charge < -0.3 is 9.55 Å². The molecular formula is C8H18BNO2. The first kappa shape index (κ1) is 11.5. The molecule has 4 heteroatoms. The van der Waals surface area contributed by atoms with Gasteiger partial charge in [0.2, 0.25) is 6.85 Å². The molecule has 0 unspecified atom stereocenters. The molecule has 0 spiro atoms. The molecular weight excluding hydrogens is 153 g/mol. The van der Waals surface area contributed by atoms with Crippen molar-refractivity contribution in [3.63, 3.8) is 0 Å². The van der Waals surface area contributed by atoms with E-state index in [1.165, 1.54) is 7.11 Å². The molecule has 0 heterocycles. The van der Waals surface area contributed by atoms with Crippen LogP contribution < -0.4 is 0 Å². The highest BCUT2D eigenvalue weighted by molar-refractivity contribution is 6.60. The van der Waals surface area contributed by atoms with Gasteiger partial charge >= 0.3 is 0 Å². The van der Waals surface area contributed by atoms with Crippen molar-refractivity contribution in [2.45, 2.75) is 26.0 Å². The van der Waals surface area contributed by atoms with E-state index in [1.54, 1.807) is 0 Å². The molecule has 0 aromatic rings. The van der Waals surface area contributed by atoms with Crippen LogP contribution in [0.2, 0.25) is 12.1 Å². The molecule has 0 aliphatic heterocycles. The quantitative estimate of drug-likeness (QED) is 0.469. The average Bonchev–Trinajstić information content (AvgIpc) is 1.98. The molecule has 0 aliphatic carbocycles. The third-order valence-corrected chi connectivity index (χ3v) is 2.04. The highest BCUT2D eigenvalue weighted by Gasteiger charge is 2.24. The van der Waals surface area contributed by atoms with Crippen LogP contribution in [0.1, 0.15) is 13.8 Å². The minimum atomic E-state index is -0.137. The van der Waals surface area contributed by atoms with Gasteiger partial charge in [0.15, 0.2) is 0 Å². The molecule has 0 amide bonds. The highest BCUT2D eigenvalue weighted by Crippen LogP contribution is 2.13. The first-order chi connectivity index (χ1) is 5.49. The van der Waals surface area contributed by atoms with Crippen molar-refractivity contribution in [2.24, 2.45) is 0 Å². The van der Waals surface area contributed by atoms with Crippen LogP contribution in [-0.4, -0.2) is 38.8 Å². The smallest absolute Gasteiger partial charge is 0.299 e. The van der Waals surface area contributed by atoms with Gasteiger partial charge in [-0.25, -0.2) is 0 Å². The monoisotopic (exact) mass is 171 g/mol. The fourth-order valence-electron chi connectivity index (χ4n) is 1.27. The van der Waals surface area contributed by atoms with Crippen molar-refractivity contribution in [2.75, 3.05) is 21.2 Å². The minimum absolute atomic E-state index is 0.137. The van der Waals surface area contributed by atoms with Crippen LogP contribution in [0.15, 0.2) is 0 Å². The second kappa shape index (κ2) is 5.20. The van der Waals surface area contributed by atoms with Crippen LogP contribution in [-0.2, 0) is 9.53 Å². The Morgan fingerprint density at radius 3 is 2.25 bits per heavy atom. The predicted octanol–water partition coefficient (Wildman–Crippen LogP) is 1.12. The number of nitrogens with zero attached hydrogens (tertiary/aromatic N) is 1. The lowest BCUT2D eigenvalue weighted by Crippen LogP contribution is -2.37. The van der Waals surface area contributed by atoms with Crippen molar-refractivity contribution in [3.05, 3.63) is 0 Å². The number of ether oxygens (including phenoxy) is 1. The summed E-state index contributed by atoms with van der Waals surface area (Å²) in [5.41, 5.74) is 0. The van der Waals surface area contributed by atoms with E-state index in [1.807, 2.05) is 14.1 Å². The Bertz CT molecular complexity index is 140. The molecule has 0 rings (SSSR count). The zero-order chi connectivity index (χ0) is 9.72. The van der Waals surface area contributed by atoms with Crippen LogP contribution >= 0.6 is 0 Å². The third kappa shape index (κ3) is 3.76. The molecule has 0 fully saturated rings. The van der Waals surface area contributed by atoms with Gasteiger partial charge in [0.25, 0.3) is 5.97 Å². The summed E-state index contributed by atoms with van der Waals surface area (Å²) >= 11 is 0. The molecule has 70 valence electrons. The number of esters is 1. The summed E-state index contributed by atoms with van der Waals surface area (Å²) in [7, 11) is 5.39. The summed E-state index contributed by atoms with van der Waals surface area (Å²) < 4.78 is 4.62. The summed E-state index contributed by atoms with van der Waals surface area (Å²) in [4.78, 5) is 13.0. The normalized spacial score (nSPS) is 10.6. The van der Waals surface area contributed by atoms with Crippen LogP contribution in [0.4, 0.5) is 0 Å². The number of carbonyl (C=O) groups is 1. The Labute approximate surface area is 75.2 Å². The molecule has 3 nitrogen and oxygen atoms in total. The van der Waals surface area contributed by atoms with Gasteiger partial charge in [-0.05, 0) is 14.1 Å². The van der Waals surface area contributed by atoms with E-state index < -0.39 is 0 Å². The molecule has 0 atom stereocenters. The minimum Gasteiger partial charge on any atom is -0.469 e. The van der Waals surface area contributed by atoms with Crippen molar-refractivity contribution in [1.29, 1.82) is 0 Å². The molecule has 0 aromatic heterocycles. The lowest BCUT2D eigenvalue weighted by Gasteiger charge is -2.22. The third-order valence-electron chi connectivity index (χ3n) is 2.04. The summed E-state index contributed by atoms with van der Waals surface area (Å²) in [5, 5.41) is 0. The van der Waals surface area contributed by atoms with Crippen molar-refractivity contribution >= 4 is 12.8 Å². The number of carbonyl (C=O) groups excluding carboxylic acids is 1. The van der Waals surface area contributed by atoms with E-state index in [0.717, 1.165) is 0 Å². The van der Waals surface area contributed by atoms with Gasteiger partial charge in [-0.3, -0.25) is 4.79 Å². The van der Waals surface area contributed by atoms with E-state index in [0.29, 0.717) is 12.1 Å². The topological polar surface area (TPSA) is 29.5 Å². The van der Waals surface area contributed by atoms with Crippen LogP contribution in [0, 0.1) is 0 Å². The van der Waals surface area contributed by atoms with Crippen molar-refractivity contribution < 1.29 is 9.53 Å². The van der Waals surface area contributed by atoms with Gasteiger partial charge in [-0.1, -0.05) is 19.7 Å². The molecule has 12 heavy (non-hydrogen) atoms. The summed E-state index contributed by atoms with van der Waals surface area (Å²) in [5.74, 6) is 0.335. The van der Waals surface area contributed by atoms with Crippen LogP contribution in [0.5, 0.6) is 0 Å². The van der Waals surface area contributed by atoms with Crippen molar-refractivity contribution in [1.82, 2.24) is 4.81 Å². The first-order valence-corrected chi connectivity index (χ1v) is 4.22. The van der Waals surface area contributed by atoms with E-state index in [4.69, 9.17) is 0 Å². The fraction of sp³-hybridized carbons (Fsp3) is 0.875. The molecule has 0 N–H and O–H groups in total. The first-order valence-electron chi connectivity index (χ1n) is 4.22. The second-order valence-corrected chi connectivity index (χ2v) is 3.56. The van der Waals surface area contributed by atoms with Crippen LogP contribution in [0.3, 0.4) is 0 Å². The molecule has 0 aromatic carbocycles. The van der Waals surface area contributed by atoms with Gasteiger partial charge in [0.05, 0.1) is 7.11 Å². The van der Waals surface area contributed by atoms with E-state index in [9.17, 15) is 4.79 Å². The molecule has 0 aliphatic rings. The van der Waals surface area contributed by atoms with Gasteiger partial charge in [-0.15, -0.1) is 0 Å². The van der Waals surface area contributed by atoms with Gasteiger partial charge in [0.1, 0.15) is 0 Å². The summed E-state index contributed by atoms with van der Waals surface area (Å²) in [6, 6.07) is 0. The zero-order valence-corrected chi connectivity index (χ0v) is 8.63. The Hall–Kier alpha value is -0.505. The Balaban J connectivity index is 4.05. The fourth-order valence-corrected chi connectivity index (χ4v) is 1.27. The number of rotatable bonds is 4. The maximum absolute atomic E-state index is 11.0. The summed E-state index contributed by atoms with van der Waals surface area (Å²) in [6.07, 6.45) is 0.473.